The van der Waals surface area contributed by atoms with E-state index in [1.165, 1.54) is 26.0 Å². The van der Waals surface area contributed by atoms with E-state index in [1.807, 2.05) is 41.4 Å². The summed E-state index contributed by atoms with van der Waals surface area (Å²) in [6, 6.07) is 11.7. The Hall–Kier alpha value is -3.61. The fraction of sp³-hybridized carbons (Fsp3) is 0.292. The molecule has 3 heterocycles. The fourth-order valence-corrected chi connectivity index (χ4v) is 5.23. The standard InChI is InChI=1S/C24H22N2O5/c1-13(27)21-19-20(22-16-7-5-4-6-14(16)10-11-25(21)22)24(29)26(23(19)28)17-12-15(30-2)8-9-18(17)31-3/h4-12,19-22H,1-3H3/t19-,20-,21-,22+/m0/s1. The number of fused-ring (bicyclic) bond motifs is 5. The van der Waals surface area contributed by atoms with E-state index >= 15 is 0 Å². The molecule has 0 saturated carbocycles. The van der Waals surface area contributed by atoms with Gasteiger partial charge in [0.2, 0.25) is 11.8 Å². The lowest BCUT2D eigenvalue weighted by atomic mass is 9.84. The number of hydrogen-bond acceptors (Lipinski definition) is 6. The number of hydrogen-bond donors (Lipinski definition) is 0. The Morgan fingerprint density at radius 3 is 2.42 bits per heavy atom. The highest BCUT2D eigenvalue weighted by Gasteiger charge is 2.64. The van der Waals surface area contributed by atoms with Gasteiger partial charge in [-0.05, 0) is 36.3 Å². The van der Waals surface area contributed by atoms with Crippen LogP contribution in [0.15, 0.2) is 48.7 Å². The second-order valence-electron chi connectivity index (χ2n) is 7.99. The smallest absolute Gasteiger partial charge is 0.240 e. The molecule has 2 amide bonds. The molecule has 2 aromatic carbocycles. The van der Waals surface area contributed by atoms with Crippen LogP contribution in [0, 0.1) is 11.8 Å². The van der Waals surface area contributed by atoms with Crippen LogP contribution in [0.25, 0.3) is 6.08 Å². The first-order valence-electron chi connectivity index (χ1n) is 10.1. The van der Waals surface area contributed by atoms with Gasteiger partial charge in [-0.3, -0.25) is 14.4 Å². The highest BCUT2D eigenvalue weighted by molar-refractivity contribution is 6.24. The minimum absolute atomic E-state index is 0.137. The summed E-state index contributed by atoms with van der Waals surface area (Å²) >= 11 is 0. The number of nitrogens with zero attached hydrogens (tertiary/aromatic N) is 2. The summed E-state index contributed by atoms with van der Waals surface area (Å²) in [6.45, 7) is 1.48. The monoisotopic (exact) mass is 418 g/mol. The molecule has 3 aliphatic rings. The number of carbonyl (C=O) groups is 3. The molecule has 2 aromatic rings. The van der Waals surface area contributed by atoms with Crippen LogP contribution in [-0.2, 0) is 14.4 Å². The number of rotatable bonds is 4. The summed E-state index contributed by atoms with van der Waals surface area (Å²) in [7, 11) is 3.00. The number of ketones is 1. The first-order valence-corrected chi connectivity index (χ1v) is 10.1. The zero-order valence-electron chi connectivity index (χ0n) is 17.4. The number of anilines is 1. The number of methoxy groups -OCH3 is 2. The zero-order chi connectivity index (χ0) is 21.9. The lowest BCUT2D eigenvalue weighted by Gasteiger charge is -2.35. The third kappa shape index (κ3) is 2.62. The Morgan fingerprint density at radius 2 is 1.71 bits per heavy atom. The van der Waals surface area contributed by atoms with Gasteiger partial charge >= 0.3 is 0 Å². The SMILES string of the molecule is COc1ccc(OC)c(N2C(=O)[C@H]3[C@H](C2=O)[C@H](C(C)=O)N2C=Cc4ccccc4[C@H]32)c1. The molecule has 3 aliphatic heterocycles. The van der Waals surface area contributed by atoms with Crippen LogP contribution in [0.3, 0.4) is 0 Å². The highest BCUT2D eigenvalue weighted by Crippen LogP contribution is 2.54. The third-order valence-electron chi connectivity index (χ3n) is 6.51. The van der Waals surface area contributed by atoms with E-state index in [0.29, 0.717) is 17.2 Å². The van der Waals surface area contributed by atoms with Crippen molar-refractivity contribution in [3.63, 3.8) is 0 Å². The zero-order valence-corrected chi connectivity index (χ0v) is 17.4. The normalized spacial score (nSPS) is 25.9. The van der Waals surface area contributed by atoms with Gasteiger partial charge in [0.05, 0.1) is 43.8 Å². The van der Waals surface area contributed by atoms with E-state index < -0.39 is 17.9 Å². The largest absolute Gasteiger partial charge is 0.497 e. The average molecular weight is 418 g/mol. The number of amides is 2. The average Bonchev–Trinajstić information content (AvgIpc) is 3.26. The van der Waals surface area contributed by atoms with Crippen molar-refractivity contribution >= 4 is 29.4 Å². The van der Waals surface area contributed by atoms with Crippen molar-refractivity contribution in [1.82, 2.24) is 4.90 Å². The van der Waals surface area contributed by atoms with Crippen LogP contribution in [0.2, 0.25) is 0 Å². The molecule has 7 heteroatoms. The molecule has 0 bridgehead atoms. The molecule has 2 saturated heterocycles. The van der Waals surface area contributed by atoms with Crippen LogP contribution in [0.1, 0.15) is 24.1 Å². The topological polar surface area (TPSA) is 76.1 Å². The van der Waals surface area contributed by atoms with E-state index in [2.05, 4.69) is 0 Å². The summed E-state index contributed by atoms with van der Waals surface area (Å²) < 4.78 is 10.7. The van der Waals surface area contributed by atoms with Gasteiger partial charge in [0.15, 0.2) is 5.78 Å². The molecule has 0 aliphatic carbocycles. The maximum atomic E-state index is 13.7. The molecule has 0 spiro atoms. The number of imide groups is 1. The van der Waals surface area contributed by atoms with Gasteiger partial charge in [-0.15, -0.1) is 0 Å². The molecule has 4 atom stereocenters. The third-order valence-corrected chi connectivity index (χ3v) is 6.51. The van der Waals surface area contributed by atoms with Crippen LogP contribution >= 0.6 is 0 Å². The molecular formula is C24H22N2O5. The molecule has 7 nitrogen and oxygen atoms in total. The predicted molar refractivity (Wildman–Crippen MR) is 114 cm³/mol. The Labute approximate surface area is 179 Å². The van der Waals surface area contributed by atoms with Gasteiger partial charge in [-0.1, -0.05) is 24.3 Å². The molecule has 0 aromatic heterocycles. The van der Waals surface area contributed by atoms with Crippen molar-refractivity contribution in [2.24, 2.45) is 11.8 Å². The van der Waals surface area contributed by atoms with E-state index in [1.54, 1.807) is 18.2 Å². The Kier molecular flexibility index (Phi) is 4.36. The molecule has 31 heavy (non-hydrogen) atoms. The van der Waals surface area contributed by atoms with E-state index in [9.17, 15) is 14.4 Å². The maximum absolute atomic E-state index is 13.7. The van der Waals surface area contributed by atoms with Crippen molar-refractivity contribution < 1.29 is 23.9 Å². The number of carbonyl (C=O) groups excluding carboxylic acids is 3. The maximum Gasteiger partial charge on any atom is 0.240 e. The number of Topliss-reactive ketones (excluding diaryl/α,β-unsaturated/α-hetero) is 1. The van der Waals surface area contributed by atoms with Gasteiger partial charge in [0, 0.05) is 12.3 Å². The van der Waals surface area contributed by atoms with E-state index in [-0.39, 0.29) is 23.6 Å². The Morgan fingerprint density at radius 1 is 0.968 bits per heavy atom. The summed E-state index contributed by atoms with van der Waals surface area (Å²) in [5.74, 6) is -1.38. The van der Waals surface area contributed by atoms with Crippen LogP contribution < -0.4 is 14.4 Å². The van der Waals surface area contributed by atoms with E-state index in [4.69, 9.17) is 9.47 Å². The summed E-state index contributed by atoms with van der Waals surface area (Å²) in [4.78, 5) is 43.1. The second-order valence-corrected chi connectivity index (χ2v) is 7.99. The Balaban J connectivity index is 1.66. The van der Waals surface area contributed by atoms with Crippen LogP contribution in [0.4, 0.5) is 5.69 Å². The predicted octanol–water partition coefficient (Wildman–Crippen LogP) is 2.81. The van der Waals surface area contributed by atoms with Gasteiger partial charge in [-0.2, -0.15) is 0 Å². The van der Waals surface area contributed by atoms with Crippen molar-refractivity contribution in [2.45, 2.75) is 19.0 Å². The molecule has 158 valence electrons. The molecule has 5 rings (SSSR count). The van der Waals surface area contributed by atoms with Crippen LogP contribution in [0.5, 0.6) is 11.5 Å². The highest BCUT2D eigenvalue weighted by atomic mass is 16.5. The summed E-state index contributed by atoms with van der Waals surface area (Å²) in [6.07, 6.45) is 3.77. The van der Waals surface area contributed by atoms with Gasteiger partial charge in [0.1, 0.15) is 11.5 Å². The lowest BCUT2D eigenvalue weighted by molar-refractivity contribution is -0.129. The minimum Gasteiger partial charge on any atom is -0.497 e. The van der Waals surface area contributed by atoms with Gasteiger partial charge in [0.25, 0.3) is 0 Å². The number of ether oxygens (including phenoxy) is 2. The minimum atomic E-state index is -0.762. The summed E-state index contributed by atoms with van der Waals surface area (Å²) in [5.41, 5.74) is 2.27. The molecule has 0 unspecified atom stereocenters. The summed E-state index contributed by atoms with van der Waals surface area (Å²) in [5, 5.41) is 0. The van der Waals surface area contributed by atoms with Crippen LogP contribution in [-0.4, -0.2) is 42.8 Å². The fourth-order valence-electron chi connectivity index (χ4n) is 5.23. The molecule has 2 fully saturated rings. The van der Waals surface area contributed by atoms with Gasteiger partial charge in [-0.25, -0.2) is 4.90 Å². The second kappa shape index (κ2) is 6.97. The van der Waals surface area contributed by atoms with Crippen molar-refractivity contribution in [3.05, 3.63) is 59.8 Å². The number of benzene rings is 2. The first kappa shape index (κ1) is 19.4. The lowest BCUT2D eigenvalue weighted by Crippen LogP contribution is -2.43. The first-order chi connectivity index (χ1) is 15.0. The Bertz CT molecular complexity index is 1140. The molecule has 0 N–H and O–H groups in total. The van der Waals surface area contributed by atoms with Crippen molar-refractivity contribution in [3.8, 4) is 11.5 Å². The molecule has 0 radical (unpaired) electrons. The van der Waals surface area contributed by atoms with Crippen molar-refractivity contribution in [1.29, 1.82) is 0 Å². The quantitative estimate of drug-likeness (QED) is 0.711. The van der Waals surface area contributed by atoms with Gasteiger partial charge < -0.3 is 14.4 Å². The molecular weight excluding hydrogens is 396 g/mol. The van der Waals surface area contributed by atoms with E-state index in [0.717, 1.165) is 11.1 Å². The van der Waals surface area contributed by atoms with Crippen molar-refractivity contribution in [2.75, 3.05) is 19.1 Å².